The van der Waals surface area contributed by atoms with Crippen molar-refractivity contribution in [3.63, 3.8) is 0 Å². The molecule has 1 unspecified atom stereocenters. The maximum absolute atomic E-state index is 6.52. The monoisotopic (exact) mass is 435 g/mol. The molecule has 0 fully saturated rings. The second kappa shape index (κ2) is 12.1. The molecule has 25 heavy (non-hydrogen) atoms. The summed E-state index contributed by atoms with van der Waals surface area (Å²) in [5, 5.41) is 0. The summed E-state index contributed by atoms with van der Waals surface area (Å²) < 4.78 is 6.52. The molecule has 2 aliphatic rings. The number of unbranched alkanes of at least 4 members (excludes halogenated alkanes) is 1. The van der Waals surface area contributed by atoms with Gasteiger partial charge in [0.05, 0.1) is 0 Å². The molecular weight excluding hydrogens is 407 g/mol. The van der Waals surface area contributed by atoms with Gasteiger partial charge in [0.2, 0.25) is 0 Å². The van der Waals surface area contributed by atoms with Gasteiger partial charge in [0, 0.05) is 13.0 Å². The Morgan fingerprint density at radius 2 is 1.96 bits per heavy atom. The summed E-state index contributed by atoms with van der Waals surface area (Å²) in [6.07, 6.45) is 16.6. The molecule has 0 heterocycles. The number of allylic oxidation sites excluding steroid dienone is 5. The summed E-state index contributed by atoms with van der Waals surface area (Å²) in [5.74, 6) is 0. The first-order chi connectivity index (χ1) is 10.4. The molecule has 0 aromatic carbocycles. The molecule has 139 valence electrons. The fourth-order valence-corrected chi connectivity index (χ4v) is 4.33. The van der Waals surface area contributed by atoms with E-state index >= 15 is 0 Å². The molecule has 0 saturated heterocycles. The molecule has 0 N–H and O–H groups in total. The van der Waals surface area contributed by atoms with E-state index in [1.165, 1.54) is 22.5 Å². The normalized spacial score (nSPS) is 22.0. The largest absolute Gasteiger partial charge is 3.00 e. The second-order valence-electron chi connectivity index (χ2n) is 7.16. The molecule has 0 saturated carbocycles. The van der Waals surface area contributed by atoms with Crippen molar-refractivity contribution in [3.8, 4) is 0 Å². The number of ether oxygens (including phenoxy) is 1. The van der Waals surface area contributed by atoms with Crippen LogP contribution in [0.15, 0.2) is 40.4 Å². The zero-order chi connectivity index (χ0) is 16.2. The van der Waals surface area contributed by atoms with Crippen LogP contribution >= 0.6 is 11.8 Å². The summed E-state index contributed by atoms with van der Waals surface area (Å²) in [4.78, 5) is 0.948. The summed E-state index contributed by atoms with van der Waals surface area (Å²) >= 11 is 1.85. The predicted molar refractivity (Wildman–Crippen MR) is 97.6 cm³/mol. The Morgan fingerprint density at radius 3 is 2.48 bits per heavy atom. The maximum atomic E-state index is 6.52. The Morgan fingerprint density at radius 1 is 1.28 bits per heavy atom. The number of halogens is 2. The van der Waals surface area contributed by atoms with Crippen LogP contribution in [0.5, 0.6) is 0 Å². The average Bonchev–Trinajstić information content (AvgIpc) is 2.93. The molecule has 1 nitrogen and oxygen atoms in total. The summed E-state index contributed by atoms with van der Waals surface area (Å²) in [5.41, 5.74) is 2.84. The minimum absolute atomic E-state index is 0. The quantitative estimate of drug-likeness (QED) is 0.255. The molecule has 0 aromatic rings. The van der Waals surface area contributed by atoms with Gasteiger partial charge >= 0.3 is 21.7 Å². The van der Waals surface area contributed by atoms with Crippen LogP contribution in [0.1, 0.15) is 60.3 Å². The number of hydrogen-bond acceptors (Lipinski definition) is 2. The van der Waals surface area contributed by atoms with E-state index in [9.17, 15) is 0 Å². The van der Waals surface area contributed by atoms with Crippen molar-refractivity contribution >= 4 is 11.8 Å². The third-order valence-corrected chi connectivity index (χ3v) is 5.39. The number of thioether (sulfide) groups is 1. The zero-order valence-corrected chi connectivity index (χ0v) is 19.8. The van der Waals surface area contributed by atoms with E-state index in [1.54, 1.807) is 0 Å². The molecule has 0 bridgehead atoms. The summed E-state index contributed by atoms with van der Waals surface area (Å²) in [6.45, 7) is 12.1. The van der Waals surface area contributed by atoms with Crippen molar-refractivity contribution in [1.29, 1.82) is 0 Å². The zero-order valence-electron chi connectivity index (χ0n) is 15.9. The van der Waals surface area contributed by atoms with Crippen LogP contribution in [0.3, 0.4) is 0 Å². The third-order valence-electron chi connectivity index (χ3n) is 4.05. The molecule has 2 aliphatic carbocycles. The molecule has 0 amide bonds. The van der Waals surface area contributed by atoms with Crippen molar-refractivity contribution in [3.05, 3.63) is 46.4 Å². The van der Waals surface area contributed by atoms with Gasteiger partial charge in [-0.05, 0) is 24.3 Å². The molecule has 1 atom stereocenters. The van der Waals surface area contributed by atoms with Crippen LogP contribution in [0.4, 0.5) is 0 Å². The Labute approximate surface area is 185 Å². The van der Waals surface area contributed by atoms with Gasteiger partial charge in [0.25, 0.3) is 0 Å². The van der Waals surface area contributed by atoms with E-state index < -0.39 is 0 Å². The van der Waals surface area contributed by atoms with Gasteiger partial charge in [-0.1, -0.05) is 51.8 Å². The Hall–Kier alpha value is 0.564. The first kappa shape index (κ1) is 27.8. The van der Waals surface area contributed by atoms with E-state index in [4.69, 9.17) is 4.74 Å². The second-order valence-corrected chi connectivity index (χ2v) is 8.47. The molecular formula is C20H29Cl2OSTi. The first-order valence-electron chi connectivity index (χ1n) is 8.37. The van der Waals surface area contributed by atoms with Crippen molar-refractivity contribution in [2.75, 3.05) is 6.61 Å². The van der Waals surface area contributed by atoms with Crippen LogP contribution in [0.25, 0.3) is 0 Å². The minimum Gasteiger partial charge on any atom is -1.00 e. The third kappa shape index (κ3) is 7.60. The van der Waals surface area contributed by atoms with Crippen LogP contribution in [0.2, 0.25) is 0 Å². The Bertz CT molecular complexity index is 532. The van der Waals surface area contributed by atoms with E-state index in [-0.39, 0.29) is 56.9 Å². The fourth-order valence-electron chi connectivity index (χ4n) is 2.87. The van der Waals surface area contributed by atoms with Gasteiger partial charge in [0.15, 0.2) is 0 Å². The topological polar surface area (TPSA) is 9.23 Å². The van der Waals surface area contributed by atoms with E-state index in [2.05, 4.69) is 65.0 Å². The van der Waals surface area contributed by atoms with Crippen LogP contribution in [0, 0.1) is 11.5 Å². The molecule has 0 aromatic heterocycles. The molecule has 0 spiro atoms. The number of hydrogen-bond donors (Lipinski definition) is 0. The van der Waals surface area contributed by atoms with Crippen LogP contribution in [-0.4, -0.2) is 11.5 Å². The fraction of sp³-hybridized carbons (Fsp3) is 0.600. The van der Waals surface area contributed by atoms with Crippen LogP contribution in [-0.2, 0) is 26.5 Å². The van der Waals surface area contributed by atoms with Gasteiger partial charge in [-0.15, -0.1) is 18.2 Å². The van der Waals surface area contributed by atoms with E-state index in [0.717, 1.165) is 25.9 Å². The van der Waals surface area contributed by atoms with E-state index in [1.807, 2.05) is 11.8 Å². The van der Waals surface area contributed by atoms with Crippen molar-refractivity contribution < 1.29 is 51.3 Å². The first-order valence-corrected chi connectivity index (χ1v) is 9.19. The van der Waals surface area contributed by atoms with Crippen molar-refractivity contribution in [1.82, 2.24) is 0 Å². The van der Waals surface area contributed by atoms with Gasteiger partial charge in [-0.2, -0.15) is 11.0 Å². The molecule has 2 rings (SSSR count). The van der Waals surface area contributed by atoms with E-state index in [0.29, 0.717) is 0 Å². The predicted octanol–water partition coefficient (Wildman–Crippen LogP) is 0.208. The Balaban J connectivity index is 0. The SMILES string of the molecule is CCCCOC1(SC2=[C-]CC=C2)CC=C(C)C=C1C(C)(C)C.[Cl-].[Cl-].[Ti+3]. The van der Waals surface area contributed by atoms with Gasteiger partial charge < -0.3 is 29.6 Å². The Kier molecular flexibility index (Phi) is 13.5. The summed E-state index contributed by atoms with van der Waals surface area (Å²) in [6, 6.07) is 0. The average molecular weight is 436 g/mol. The summed E-state index contributed by atoms with van der Waals surface area (Å²) in [7, 11) is 0. The van der Waals surface area contributed by atoms with Crippen molar-refractivity contribution in [2.24, 2.45) is 5.41 Å². The molecule has 0 aliphatic heterocycles. The minimum atomic E-state index is -0.274. The van der Waals surface area contributed by atoms with Gasteiger partial charge in [0.1, 0.15) is 4.93 Å². The maximum Gasteiger partial charge on any atom is 3.00 e. The number of rotatable bonds is 6. The smallest absolute Gasteiger partial charge is 1.00 e. The standard InChI is InChI=1S/C20H29OS.2ClH.Ti/c1-6-7-14-21-20(22-17-10-8-9-11-17)13-12-16(2)15-18(20)19(3,4)5;;;/h8,10,12,15H,6-7,9,13-14H2,1-5H3;2*1H;/q-1;;;+3/p-2. The van der Waals surface area contributed by atoms with Crippen molar-refractivity contribution in [2.45, 2.75) is 65.2 Å². The molecule has 5 heteroatoms. The molecule has 1 radical (unpaired) electrons. The van der Waals surface area contributed by atoms with Gasteiger partial charge in [-0.25, -0.2) is 6.08 Å². The van der Waals surface area contributed by atoms with Gasteiger partial charge in [-0.3, -0.25) is 6.08 Å². The van der Waals surface area contributed by atoms with Crippen LogP contribution < -0.4 is 24.8 Å².